The van der Waals surface area contributed by atoms with E-state index in [4.69, 9.17) is 10.8 Å². The van der Waals surface area contributed by atoms with Crippen LogP contribution in [-0.4, -0.2) is 54.7 Å². The molecule has 0 aliphatic carbocycles. The van der Waals surface area contributed by atoms with Crippen LogP contribution >= 0.6 is 36.2 Å². The average molecular weight is 443 g/mol. The van der Waals surface area contributed by atoms with Gasteiger partial charge in [-0.05, 0) is 54.5 Å². The quantitative estimate of drug-likeness (QED) is 0.549. The van der Waals surface area contributed by atoms with Crippen molar-refractivity contribution in [3.05, 3.63) is 46.2 Å². The number of nitrogens with two attached hydrogens (primary N) is 1. The molecule has 1 aromatic heterocycles. The standard InChI is InChI=1S/C20H26N4OS.2ClH/c21-20(19-2-1-13-26-19)22-16-3-4-18-15(14-16)5-10-24(18)17-6-8-23(9-7-17)11-12-25;;/h1-4,13-14,17,25H,5-12H2,(H2,21,22);2*1H. The maximum atomic E-state index is 9.10. The molecular weight excluding hydrogens is 415 g/mol. The number of rotatable bonds is 5. The molecule has 1 saturated heterocycles. The summed E-state index contributed by atoms with van der Waals surface area (Å²) in [6, 6.07) is 11.1. The van der Waals surface area contributed by atoms with Crippen molar-refractivity contribution in [1.29, 1.82) is 0 Å². The number of hydrogen-bond donors (Lipinski definition) is 2. The summed E-state index contributed by atoms with van der Waals surface area (Å²) in [6.07, 6.45) is 3.42. The van der Waals surface area contributed by atoms with E-state index in [2.05, 4.69) is 33.0 Å². The van der Waals surface area contributed by atoms with Gasteiger partial charge in [-0.1, -0.05) is 6.07 Å². The molecule has 28 heavy (non-hydrogen) atoms. The van der Waals surface area contributed by atoms with Crippen LogP contribution in [0.5, 0.6) is 0 Å². The minimum atomic E-state index is 0. The predicted octanol–water partition coefficient (Wildman–Crippen LogP) is 3.45. The summed E-state index contributed by atoms with van der Waals surface area (Å²) in [4.78, 5) is 10.5. The van der Waals surface area contributed by atoms with Crippen molar-refractivity contribution in [2.45, 2.75) is 25.3 Å². The molecule has 8 heteroatoms. The fourth-order valence-electron chi connectivity index (χ4n) is 4.08. The number of aliphatic imine (C=N–C) groups is 1. The molecule has 154 valence electrons. The Morgan fingerprint density at radius 3 is 2.64 bits per heavy atom. The van der Waals surface area contributed by atoms with Gasteiger partial charge >= 0.3 is 0 Å². The smallest absolute Gasteiger partial charge is 0.141 e. The average Bonchev–Trinajstić information content (AvgIpc) is 3.32. The number of aliphatic hydroxyl groups excluding tert-OH is 1. The first-order valence-corrected chi connectivity index (χ1v) is 10.2. The maximum absolute atomic E-state index is 9.10. The molecule has 3 N–H and O–H groups in total. The summed E-state index contributed by atoms with van der Waals surface area (Å²) in [5.74, 6) is 0.589. The van der Waals surface area contributed by atoms with Gasteiger partial charge in [-0.15, -0.1) is 36.2 Å². The molecule has 1 fully saturated rings. The van der Waals surface area contributed by atoms with Crippen LogP contribution in [0.2, 0.25) is 0 Å². The Kier molecular flexibility index (Phi) is 8.58. The van der Waals surface area contributed by atoms with Crippen LogP contribution in [0.4, 0.5) is 11.4 Å². The van der Waals surface area contributed by atoms with Crippen molar-refractivity contribution >= 4 is 53.4 Å². The third-order valence-electron chi connectivity index (χ3n) is 5.43. The number of anilines is 1. The summed E-state index contributed by atoms with van der Waals surface area (Å²) in [5, 5.41) is 11.1. The van der Waals surface area contributed by atoms with Crippen LogP contribution in [0.1, 0.15) is 23.3 Å². The number of halogens is 2. The van der Waals surface area contributed by atoms with E-state index >= 15 is 0 Å². The Morgan fingerprint density at radius 1 is 1.18 bits per heavy atom. The van der Waals surface area contributed by atoms with Crippen molar-refractivity contribution in [1.82, 2.24) is 4.90 Å². The number of piperidine rings is 1. The van der Waals surface area contributed by atoms with Gasteiger partial charge in [0, 0.05) is 37.9 Å². The molecule has 5 nitrogen and oxygen atoms in total. The minimum absolute atomic E-state index is 0. The largest absolute Gasteiger partial charge is 0.395 e. The molecule has 0 saturated carbocycles. The monoisotopic (exact) mass is 442 g/mol. The molecule has 2 aliphatic rings. The highest BCUT2D eigenvalue weighted by Crippen LogP contribution is 2.35. The molecule has 2 aromatic rings. The van der Waals surface area contributed by atoms with Crippen LogP contribution in [0.25, 0.3) is 0 Å². The molecule has 1 aromatic carbocycles. The van der Waals surface area contributed by atoms with Crippen LogP contribution in [-0.2, 0) is 6.42 Å². The highest BCUT2D eigenvalue weighted by Gasteiger charge is 2.29. The van der Waals surface area contributed by atoms with Crippen molar-refractivity contribution in [2.24, 2.45) is 10.7 Å². The first-order chi connectivity index (χ1) is 12.7. The van der Waals surface area contributed by atoms with Crippen LogP contribution in [0.3, 0.4) is 0 Å². The number of thiophene rings is 1. The minimum Gasteiger partial charge on any atom is -0.395 e. The highest BCUT2D eigenvalue weighted by molar-refractivity contribution is 7.12. The Balaban J connectivity index is 0.00000140. The lowest BCUT2D eigenvalue weighted by molar-refractivity contribution is 0.163. The zero-order valence-electron chi connectivity index (χ0n) is 15.8. The Labute approximate surface area is 183 Å². The van der Waals surface area contributed by atoms with E-state index in [0.717, 1.165) is 43.2 Å². The van der Waals surface area contributed by atoms with Gasteiger partial charge in [-0.2, -0.15) is 0 Å². The summed E-state index contributed by atoms with van der Waals surface area (Å²) in [5.41, 5.74) is 9.80. The van der Waals surface area contributed by atoms with Gasteiger partial charge < -0.3 is 20.6 Å². The van der Waals surface area contributed by atoms with Gasteiger partial charge in [0.25, 0.3) is 0 Å². The van der Waals surface area contributed by atoms with Gasteiger partial charge in [-0.25, -0.2) is 4.99 Å². The number of fused-ring (bicyclic) bond motifs is 1. The summed E-state index contributed by atoms with van der Waals surface area (Å²) in [6.45, 7) is 4.31. The number of nitrogens with zero attached hydrogens (tertiary/aromatic N) is 3. The molecule has 0 amide bonds. The zero-order chi connectivity index (χ0) is 17.9. The maximum Gasteiger partial charge on any atom is 0.141 e. The molecule has 0 atom stereocenters. The molecular formula is C20H28Cl2N4OS. The second-order valence-corrected chi connectivity index (χ2v) is 7.97. The Morgan fingerprint density at radius 2 is 1.96 bits per heavy atom. The SMILES string of the molecule is Cl.Cl.NC(=Nc1ccc2c(c1)CCN2C1CCN(CCO)CC1)c1cccs1. The van der Waals surface area contributed by atoms with Gasteiger partial charge in [0.15, 0.2) is 0 Å². The second kappa shape index (κ2) is 10.5. The van der Waals surface area contributed by atoms with E-state index in [1.165, 1.54) is 24.1 Å². The van der Waals surface area contributed by atoms with Gasteiger partial charge in [0.05, 0.1) is 17.2 Å². The molecule has 0 bridgehead atoms. The third kappa shape index (κ3) is 4.99. The number of hydrogen-bond acceptors (Lipinski definition) is 5. The lowest BCUT2D eigenvalue weighted by Crippen LogP contribution is -2.45. The van der Waals surface area contributed by atoms with E-state index in [9.17, 15) is 0 Å². The summed E-state index contributed by atoms with van der Waals surface area (Å²) in [7, 11) is 0. The number of likely N-dealkylation sites (tertiary alicyclic amines) is 1. The molecule has 0 unspecified atom stereocenters. The fraction of sp³-hybridized carbons (Fsp3) is 0.450. The van der Waals surface area contributed by atoms with Gasteiger partial charge in [0.1, 0.15) is 5.84 Å². The number of amidine groups is 1. The van der Waals surface area contributed by atoms with E-state index < -0.39 is 0 Å². The third-order valence-corrected chi connectivity index (χ3v) is 6.32. The normalized spacial score (nSPS) is 17.8. The molecule has 0 radical (unpaired) electrons. The van der Waals surface area contributed by atoms with Gasteiger partial charge in [0.2, 0.25) is 0 Å². The lowest BCUT2D eigenvalue weighted by Gasteiger charge is -2.37. The molecule has 2 aliphatic heterocycles. The van der Waals surface area contributed by atoms with Crippen molar-refractivity contribution in [2.75, 3.05) is 37.7 Å². The zero-order valence-corrected chi connectivity index (χ0v) is 18.2. The number of aliphatic hydroxyl groups is 1. The number of benzene rings is 1. The lowest BCUT2D eigenvalue weighted by atomic mass is 10.0. The van der Waals surface area contributed by atoms with Crippen LogP contribution in [0.15, 0.2) is 40.7 Å². The van der Waals surface area contributed by atoms with Crippen molar-refractivity contribution in [3.8, 4) is 0 Å². The highest BCUT2D eigenvalue weighted by atomic mass is 35.5. The molecule has 4 rings (SSSR count). The van der Waals surface area contributed by atoms with Crippen LogP contribution < -0.4 is 10.6 Å². The number of β-amino-alcohol motifs (C(OH)–C–C–N with tert-alkyl or cyclic N) is 1. The second-order valence-electron chi connectivity index (χ2n) is 7.03. The van der Waals surface area contributed by atoms with Crippen molar-refractivity contribution in [3.63, 3.8) is 0 Å². The van der Waals surface area contributed by atoms with Crippen LogP contribution in [0, 0.1) is 0 Å². The molecule has 3 heterocycles. The van der Waals surface area contributed by atoms with Crippen molar-refractivity contribution < 1.29 is 5.11 Å². The Bertz CT molecular complexity index is 777. The first kappa shape index (κ1) is 23.0. The van der Waals surface area contributed by atoms with E-state index in [1.807, 2.05) is 17.5 Å². The Hall–Kier alpha value is -1.31. The van der Waals surface area contributed by atoms with E-state index in [-0.39, 0.29) is 31.4 Å². The van der Waals surface area contributed by atoms with E-state index in [0.29, 0.717) is 11.9 Å². The molecule has 0 spiro atoms. The fourth-order valence-corrected chi connectivity index (χ4v) is 4.70. The summed E-state index contributed by atoms with van der Waals surface area (Å²) < 4.78 is 0. The predicted molar refractivity (Wildman–Crippen MR) is 123 cm³/mol. The topological polar surface area (TPSA) is 65.1 Å². The van der Waals surface area contributed by atoms with E-state index in [1.54, 1.807) is 11.3 Å². The first-order valence-electron chi connectivity index (χ1n) is 9.35. The van der Waals surface area contributed by atoms with Gasteiger partial charge in [-0.3, -0.25) is 0 Å². The summed E-state index contributed by atoms with van der Waals surface area (Å²) >= 11 is 1.61.